The van der Waals surface area contributed by atoms with Crippen molar-refractivity contribution in [1.82, 2.24) is 15.0 Å². The predicted molar refractivity (Wildman–Crippen MR) is 90.9 cm³/mol. The van der Waals surface area contributed by atoms with E-state index in [1.807, 2.05) is 0 Å². The number of benzene rings is 1. The van der Waals surface area contributed by atoms with Crippen LogP contribution in [0.15, 0.2) is 39.9 Å². The van der Waals surface area contributed by atoms with Crippen molar-refractivity contribution in [2.24, 2.45) is 0 Å². The molecule has 0 saturated carbocycles. The number of hydrogen-bond acceptors (Lipinski definition) is 7. The van der Waals surface area contributed by atoms with Crippen molar-refractivity contribution >= 4 is 33.3 Å². The lowest BCUT2D eigenvalue weighted by atomic mass is 10.1. The van der Waals surface area contributed by atoms with Crippen LogP contribution in [0.1, 0.15) is 0 Å². The summed E-state index contributed by atoms with van der Waals surface area (Å²) in [5.41, 5.74) is -7.55. The molecule has 2 aromatic heterocycles. The third-order valence-corrected chi connectivity index (χ3v) is 4.74. The molecule has 0 radical (unpaired) electrons. The summed E-state index contributed by atoms with van der Waals surface area (Å²) >= 11 is 11.4. The Kier molecular flexibility index (Phi) is 5.32. The molecule has 0 saturated heterocycles. The van der Waals surface area contributed by atoms with Crippen molar-refractivity contribution in [3.63, 3.8) is 0 Å². The zero-order valence-electron chi connectivity index (χ0n) is 13.4. The maximum Gasteiger partial charge on any atom is 0.534 e. The highest BCUT2D eigenvalue weighted by atomic mass is 35.5. The van der Waals surface area contributed by atoms with E-state index in [0.717, 1.165) is 10.7 Å². The first-order valence-electron chi connectivity index (χ1n) is 7.11. The molecule has 0 atom stereocenters. The van der Waals surface area contributed by atoms with Gasteiger partial charge in [0.1, 0.15) is 12.0 Å². The van der Waals surface area contributed by atoms with E-state index < -0.39 is 43.9 Å². The maximum absolute atomic E-state index is 14.6. The Balaban J connectivity index is 2.12. The number of halogens is 6. The SMILES string of the molecule is O=c1cc(-c2c(-n3cc(Cl)nn3)ccc(Cl)c2F)occ1OS(=O)(=O)C(F)(F)F. The minimum Gasteiger partial charge on any atom is -0.460 e. The normalized spacial score (nSPS) is 12.2. The largest absolute Gasteiger partial charge is 0.534 e. The lowest BCUT2D eigenvalue weighted by Crippen LogP contribution is -2.29. The van der Waals surface area contributed by atoms with E-state index >= 15 is 0 Å². The summed E-state index contributed by atoms with van der Waals surface area (Å²) in [6.07, 6.45) is 1.48. The van der Waals surface area contributed by atoms with Gasteiger partial charge in [0, 0.05) is 6.07 Å². The quantitative estimate of drug-likeness (QED) is 0.324. The highest BCUT2D eigenvalue weighted by Crippen LogP contribution is 2.34. The zero-order valence-corrected chi connectivity index (χ0v) is 15.8. The van der Waals surface area contributed by atoms with Crippen LogP contribution in [0.4, 0.5) is 17.6 Å². The van der Waals surface area contributed by atoms with Gasteiger partial charge in [0.2, 0.25) is 11.2 Å². The van der Waals surface area contributed by atoms with Gasteiger partial charge in [-0.2, -0.15) is 21.6 Å². The molecule has 15 heteroatoms. The lowest BCUT2D eigenvalue weighted by molar-refractivity contribution is -0.0500. The number of rotatable bonds is 4. The molecule has 0 aliphatic rings. The van der Waals surface area contributed by atoms with Gasteiger partial charge in [-0.15, -0.1) is 5.10 Å². The highest BCUT2D eigenvalue weighted by Gasteiger charge is 2.49. The summed E-state index contributed by atoms with van der Waals surface area (Å²) in [6.45, 7) is 0. The molecule has 0 amide bonds. The van der Waals surface area contributed by atoms with Crippen molar-refractivity contribution in [3.05, 3.63) is 56.9 Å². The number of hydrogen-bond donors (Lipinski definition) is 0. The van der Waals surface area contributed by atoms with Gasteiger partial charge in [-0.3, -0.25) is 4.79 Å². The molecule has 0 N–H and O–H groups in total. The van der Waals surface area contributed by atoms with Gasteiger partial charge < -0.3 is 8.60 Å². The van der Waals surface area contributed by atoms with Gasteiger partial charge in [-0.05, 0) is 12.1 Å². The second-order valence-corrected chi connectivity index (χ2v) is 7.53. The number of nitrogens with zero attached hydrogens (tertiary/aromatic N) is 3. The first-order valence-corrected chi connectivity index (χ1v) is 9.27. The standard InChI is InChI=1S/C14H5Cl2F4N3O5S/c15-6-1-2-7(23-4-11(16)21-22-23)12(13(6)17)9-3-8(24)10(5-27-9)28-29(25,26)14(18,19)20/h1-5H. The van der Waals surface area contributed by atoms with Crippen LogP contribution < -0.4 is 9.61 Å². The second-order valence-electron chi connectivity index (χ2n) is 5.20. The van der Waals surface area contributed by atoms with E-state index in [2.05, 4.69) is 14.5 Å². The fourth-order valence-corrected chi connectivity index (χ4v) is 2.82. The molecule has 154 valence electrons. The van der Waals surface area contributed by atoms with E-state index in [9.17, 15) is 30.8 Å². The molecule has 8 nitrogen and oxygen atoms in total. The van der Waals surface area contributed by atoms with Crippen LogP contribution in [-0.2, 0) is 10.1 Å². The van der Waals surface area contributed by atoms with E-state index in [-0.39, 0.29) is 15.9 Å². The van der Waals surface area contributed by atoms with Gasteiger partial charge in [-0.25, -0.2) is 9.07 Å². The molecule has 0 aliphatic heterocycles. The lowest BCUT2D eigenvalue weighted by Gasteiger charge is -2.12. The highest BCUT2D eigenvalue weighted by molar-refractivity contribution is 7.88. The maximum atomic E-state index is 14.6. The molecule has 0 fully saturated rings. The van der Waals surface area contributed by atoms with Gasteiger partial charge in [0.25, 0.3) is 0 Å². The van der Waals surface area contributed by atoms with Gasteiger partial charge in [0.15, 0.2) is 11.0 Å². The molecule has 29 heavy (non-hydrogen) atoms. The Labute approximate surface area is 168 Å². The Morgan fingerprint density at radius 3 is 2.45 bits per heavy atom. The average molecular weight is 474 g/mol. The second kappa shape index (κ2) is 7.31. The van der Waals surface area contributed by atoms with Crippen LogP contribution in [0.5, 0.6) is 5.75 Å². The third kappa shape index (κ3) is 4.06. The van der Waals surface area contributed by atoms with E-state index in [0.29, 0.717) is 12.3 Å². The van der Waals surface area contributed by atoms with E-state index in [1.54, 1.807) is 0 Å². The molecular formula is C14H5Cl2F4N3O5S. The Morgan fingerprint density at radius 2 is 1.90 bits per heavy atom. The van der Waals surface area contributed by atoms with Gasteiger partial charge >= 0.3 is 15.6 Å². The molecule has 2 heterocycles. The van der Waals surface area contributed by atoms with Crippen LogP contribution in [0.3, 0.4) is 0 Å². The zero-order chi connectivity index (χ0) is 21.6. The Hall–Kier alpha value is -2.64. The summed E-state index contributed by atoms with van der Waals surface area (Å²) in [4.78, 5) is 12.0. The topological polar surface area (TPSA) is 104 Å². The molecular weight excluding hydrogens is 469 g/mol. The first-order chi connectivity index (χ1) is 13.4. The van der Waals surface area contributed by atoms with Crippen LogP contribution in [-0.4, -0.2) is 28.9 Å². The molecule has 1 aromatic carbocycles. The summed E-state index contributed by atoms with van der Waals surface area (Å²) in [5.74, 6) is -2.84. The van der Waals surface area contributed by atoms with Crippen LogP contribution >= 0.6 is 23.2 Å². The van der Waals surface area contributed by atoms with Crippen LogP contribution in [0.2, 0.25) is 10.2 Å². The van der Waals surface area contributed by atoms with Crippen molar-refractivity contribution in [2.45, 2.75) is 5.51 Å². The summed E-state index contributed by atoms with van der Waals surface area (Å²) in [7, 11) is -6.11. The molecule has 3 rings (SSSR count). The third-order valence-electron chi connectivity index (χ3n) is 3.31. The molecule has 0 spiro atoms. The minimum atomic E-state index is -6.11. The summed E-state index contributed by atoms with van der Waals surface area (Å²) in [6, 6.07) is 2.97. The minimum absolute atomic E-state index is 0.0361. The van der Waals surface area contributed by atoms with Crippen molar-refractivity contribution in [3.8, 4) is 22.8 Å². The van der Waals surface area contributed by atoms with Gasteiger partial charge in [0.05, 0.1) is 22.5 Å². The van der Waals surface area contributed by atoms with E-state index in [1.165, 1.54) is 12.3 Å². The fourth-order valence-electron chi connectivity index (χ4n) is 2.08. The smallest absolute Gasteiger partial charge is 0.460 e. The Morgan fingerprint density at radius 1 is 1.21 bits per heavy atom. The monoisotopic (exact) mass is 473 g/mol. The summed E-state index contributed by atoms with van der Waals surface area (Å²) < 4.78 is 83.6. The van der Waals surface area contributed by atoms with Crippen molar-refractivity contribution in [2.75, 3.05) is 0 Å². The summed E-state index contributed by atoms with van der Waals surface area (Å²) in [5, 5.41) is 6.72. The van der Waals surface area contributed by atoms with Crippen molar-refractivity contribution < 1.29 is 34.6 Å². The first kappa shape index (κ1) is 21.1. The average Bonchev–Trinajstić information content (AvgIpc) is 3.04. The fraction of sp³-hybridized carbons (Fsp3) is 0.0714. The predicted octanol–water partition coefficient (Wildman–Crippen LogP) is 3.56. The van der Waals surface area contributed by atoms with Crippen LogP contribution in [0, 0.1) is 5.82 Å². The van der Waals surface area contributed by atoms with E-state index in [4.69, 9.17) is 27.6 Å². The van der Waals surface area contributed by atoms with Crippen molar-refractivity contribution in [1.29, 1.82) is 0 Å². The molecule has 0 unspecified atom stereocenters. The number of aromatic nitrogens is 3. The molecule has 0 bridgehead atoms. The molecule has 0 aliphatic carbocycles. The molecule has 3 aromatic rings. The van der Waals surface area contributed by atoms with Crippen LogP contribution in [0.25, 0.3) is 17.0 Å². The Bertz CT molecular complexity index is 1260. The number of alkyl halides is 3. The van der Waals surface area contributed by atoms with Gasteiger partial charge in [-0.1, -0.05) is 28.4 Å².